The fourth-order valence-corrected chi connectivity index (χ4v) is 5.75. The summed E-state index contributed by atoms with van der Waals surface area (Å²) in [6.45, 7) is 4.57. The van der Waals surface area contributed by atoms with Crippen molar-refractivity contribution in [2.24, 2.45) is 0 Å². The van der Waals surface area contributed by atoms with Crippen LogP contribution < -0.4 is 4.74 Å². The van der Waals surface area contributed by atoms with E-state index in [1.54, 1.807) is 13.8 Å². The van der Waals surface area contributed by atoms with Crippen molar-refractivity contribution in [3.63, 3.8) is 0 Å². The highest BCUT2D eigenvalue weighted by atomic mass is 32.2. The first-order valence-electron chi connectivity index (χ1n) is 13.2. The monoisotopic (exact) mass is 647 g/mol. The highest BCUT2D eigenvalue weighted by molar-refractivity contribution is 7.90. The van der Waals surface area contributed by atoms with Crippen molar-refractivity contribution in [3.05, 3.63) is 82.2 Å². The summed E-state index contributed by atoms with van der Waals surface area (Å²) in [5, 5.41) is 0. The Morgan fingerprint density at radius 3 is 2.02 bits per heavy atom. The summed E-state index contributed by atoms with van der Waals surface area (Å²) in [5.41, 5.74) is -2.33. The van der Waals surface area contributed by atoms with Crippen molar-refractivity contribution in [1.82, 2.24) is 4.90 Å². The number of benzene rings is 3. The minimum absolute atomic E-state index is 0.0207. The predicted molar refractivity (Wildman–Crippen MR) is 146 cm³/mol. The second-order valence-corrected chi connectivity index (χ2v) is 12.8. The molecule has 238 valence electrons. The number of alkyl halides is 6. The predicted octanol–water partition coefficient (Wildman–Crippen LogP) is 8.15. The van der Waals surface area contributed by atoms with Crippen LogP contribution in [0.15, 0.2) is 53.4 Å². The van der Waals surface area contributed by atoms with E-state index in [1.165, 1.54) is 44.4 Å². The van der Waals surface area contributed by atoms with Gasteiger partial charge in [-0.3, -0.25) is 4.90 Å². The number of carbonyl (C=O) groups excluding carboxylic acids is 1. The number of hydrogen-bond donors (Lipinski definition) is 0. The van der Waals surface area contributed by atoms with E-state index in [1.807, 2.05) is 0 Å². The Morgan fingerprint density at radius 2 is 1.52 bits per heavy atom. The van der Waals surface area contributed by atoms with Gasteiger partial charge in [0.15, 0.2) is 9.84 Å². The van der Waals surface area contributed by atoms with Crippen LogP contribution in [-0.2, 0) is 33.5 Å². The summed E-state index contributed by atoms with van der Waals surface area (Å²) < 4.78 is 131. The van der Waals surface area contributed by atoms with Crippen molar-refractivity contribution in [3.8, 4) is 16.9 Å². The van der Waals surface area contributed by atoms with Gasteiger partial charge in [0, 0.05) is 17.9 Å². The van der Waals surface area contributed by atoms with E-state index < -0.39 is 62.9 Å². The van der Waals surface area contributed by atoms with Gasteiger partial charge in [0.05, 0.1) is 35.7 Å². The Kier molecular flexibility index (Phi) is 8.73. The maximum Gasteiger partial charge on any atom is 0.416 e. The first-order chi connectivity index (χ1) is 20.2. The summed E-state index contributed by atoms with van der Waals surface area (Å²) in [6.07, 6.45) is -11.8. The molecule has 0 aliphatic carbocycles. The van der Waals surface area contributed by atoms with Crippen molar-refractivity contribution >= 4 is 15.9 Å². The number of hydrogen-bond acceptors (Lipinski definition) is 5. The average molecular weight is 648 g/mol. The molecule has 0 N–H and O–H groups in total. The number of ether oxygens (including phenoxy) is 2. The normalized spacial score (nSPS) is 17.8. The molecule has 1 heterocycles. The van der Waals surface area contributed by atoms with Crippen LogP contribution in [0.5, 0.6) is 5.75 Å². The number of sulfone groups is 1. The molecule has 44 heavy (non-hydrogen) atoms. The number of methoxy groups -OCH3 is 1. The fraction of sp³-hybridized carbons (Fsp3) is 0.367. The third kappa shape index (κ3) is 6.64. The SMILES string of the molecule is COc1cc(F)c(C(C)C)cc1-c1ccc(S(C)(=O)=O)cc1CN1C(=O)O[C@H](c2cc(C(F)(F)F)cc(C(F)(F)F)c2)[C@@H]1C. The molecule has 4 rings (SSSR count). The molecule has 1 saturated heterocycles. The Morgan fingerprint density at radius 1 is 0.932 bits per heavy atom. The van der Waals surface area contributed by atoms with Crippen LogP contribution in [0.4, 0.5) is 35.5 Å². The summed E-state index contributed by atoms with van der Waals surface area (Å²) in [5.74, 6) is -0.672. The van der Waals surface area contributed by atoms with Crippen molar-refractivity contribution in [1.29, 1.82) is 0 Å². The van der Waals surface area contributed by atoms with E-state index in [2.05, 4.69) is 0 Å². The van der Waals surface area contributed by atoms with E-state index in [4.69, 9.17) is 9.47 Å². The molecule has 1 amide bonds. The Bertz CT molecular complexity index is 1670. The molecule has 2 atom stereocenters. The Labute approximate surface area is 249 Å². The summed E-state index contributed by atoms with van der Waals surface area (Å²) in [4.78, 5) is 14.0. The number of cyclic esters (lactones) is 1. The van der Waals surface area contributed by atoms with Gasteiger partial charge in [0.1, 0.15) is 17.7 Å². The van der Waals surface area contributed by atoms with Crippen LogP contribution in [0.3, 0.4) is 0 Å². The van der Waals surface area contributed by atoms with Gasteiger partial charge in [-0.05, 0) is 71.5 Å². The van der Waals surface area contributed by atoms with Crippen molar-refractivity contribution in [2.45, 2.75) is 62.6 Å². The molecule has 0 aromatic heterocycles. The van der Waals surface area contributed by atoms with Gasteiger partial charge < -0.3 is 9.47 Å². The number of rotatable bonds is 7. The number of halogens is 7. The fourth-order valence-electron chi connectivity index (χ4n) is 5.07. The standard InChI is InChI=1S/C30H28F7NO5S/c1-15(2)23-12-24(26(42-4)13-25(23)31)22-7-6-21(44(5,40)41)10-18(22)14-38-16(3)27(43-28(38)39)17-8-19(29(32,33)34)11-20(9-17)30(35,36)37/h6-13,15-16,27H,14H2,1-5H3/t16-,27-/m0/s1. The second kappa shape index (κ2) is 11.6. The van der Waals surface area contributed by atoms with Crippen molar-refractivity contribution in [2.75, 3.05) is 13.4 Å². The summed E-state index contributed by atoms with van der Waals surface area (Å²) in [6, 6.07) is 6.68. The Hall–Kier alpha value is -3.81. The molecule has 3 aromatic carbocycles. The van der Waals surface area contributed by atoms with Gasteiger partial charge in [-0.2, -0.15) is 26.3 Å². The maximum atomic E-state index is 14.8. The molecular weight excluding hydrogens is 619 g/mol. The van der Waals surface area contributed by atoms with E-state index >= 15 is 0 Å². The van der Waals surface area contributed by atoms with E-state index in [9.17, 15) is 43.9 Å². The molecule has 1 aliphatic heterocycles. The minimum Gasteiger partial charge on any atom is -0.496 e. The highest BCUT2D eigenvalue weighted by Gasteiger charge is 2.43. The summed E-state index contributed by atoms with van der Waals surface area (Å²) >= 11 is 0. The molecule has 0 saturated carbocycles. The third-order valence-corrected chi connectivity index (χ3v) is 8.52. The van der Waals surface area contributed by atoms with Gasteiger partial charge in [-0.1, -0.05) is 19.9 Å². The molecule has 1 aliphatic rings. The van der Waals surface area contributed by atoms with Gasteiger partial charge in [-0.15, -0.1) is 0 Å². The lowest BCUT2D eigenvalue weighted by Crippen LogP contribution is -2.31. The molecular formula is C30H28F7NO5S. The smallest absolute Gasteiger partial charge is 0.416 e. The zero-order chi connectivity index (χ0) is 32.9. The lowest BCUT2D eigenvalue weighted by molar-refractivity contribution is -0.143. The summed E-state index contributed by atoms with van der Waals surface area (Å²) in [7, 11) is -2.45. The largest absolute Gasteiger partial charge is 0.496 e. The van der Waals surface area contributed by atoms with E-state index in [0.717, 1.165) is 11.2 Å². The van der Waals surface area contributed by atoms with Crippen LogP contribution in [0.2, 0.25) is 0 Å². The van der Waals surface area contributed by atoms with Crippen LogP contribution in [0, 0.1) is 5.82 Å². The van der Waals surface area contributed by atoms with Crippen molar-refractivity contribution < 1.29 is 53.4 Å². The maximum absolute atomic E-state index is 14.8. The quantitative estimate of drug-likeness (QED) is 0.242. The minimum atomic E-state index is -5.11. The van der Waals surface area contributed by atoms with Gasteiger partial charge in [-0.25, -0.2) is 17.6 Å². The molecule has 0 bridgehead atoms. The highest BCUT2D eigenvalue weighted by Crippen LogP contribution is 2.43. The third-order valence-electron chi connectivity index (χ3n) is 7.41. The zero-order valence-electron chi connectivity index (χ0n) is 24.1. The zero-order valence-corrected chi connectivity index (χ0v) is 24.9. The number of amides is 1. The van der Waals surface area contributed by atoms with Gasteiger partial charge in [0.25, 0.3) is 0 Å². The molecule has 3 aromatic rings. The molecule has 0 spiro atoms. The molecule has 0 unspecified atom stereocenters. The van der Waals surface area contributed by atoms with Gasteiger partial charge >= 0.3 is 18.4 Å². The van der Waals surface area contributed by atoms with Crippen LogP contribution >= 0.6 is 0 Å². The molecule has 14 heteroatoms. The topological polar surface area (TPSA) is 72.9 Å². The lowest BCUT2D eigenvalue weighted by atomic mass is 9.93. The first-order valence-corrected chi connectivity index (χ1v) is 15.1. The lowest BCUT2D eigenvalue weighted by Gasteiger charge is -2.24. The molecule has 1 fully saturated rings. The van der Waals surface area contributed by atoms with Crippen LogP contribution in [0.25, 0.3) is 11.1 Å². The molecule has 6 nitrogen and oxygen atoms in total. The first kappa shape index (κ1) is 33.1. The second-order valence-electron chi connectivity index (χ2n) is 10.8. The molecule has 0 radical (unpaired) electrons. The Balaban J connectivity index is 1.82. The van der Waals surface area contributed by atoms with Gasteiger partial charge in [0.2, 0.25) is 0 Å². The van der Waals surface area contributed by atoms with Crippen LogP contribution in [0.1, 0.15) is 60.6 Å². The van der Waals surface area contributed by atoms with E-state index in [0.29, 0.717) is 28.8 Å². The average Bonchev–Trinajstić information content (AvgIpc) is 3.19. The number of carbonyl (C=O) groups is 1. The van der Waals surface area contributed by atoms with E-state index in [-0.39, 0.29) is 34.7 Å². The van der Waals surface area contributed by atoms with Crippen LogP contribution in [-0.4, -0.2) is 38.8 Å². The number of nitrogens with zero attached hydrogens (tertiary/aromatic N) is 1.